The van der Waals surface area contributed by atoms with Crippen LogP contribution < -0.4 is 0 Å². The zero-order chi connectivity index (χ0) is 54.3. The minimum absolute atomic E-state index is 0.669. The Hall–Kier alpha value is -10.7. The topological polar surface area (TPSA) is 53.5 Å². The van der Waals surface area contributed by atoms with Gasteiger partial charge in [0.2, 0.25) is 0 Å². The van der Waals surface area contributed by atoms with E-state index in [0.717, 1.165) is 122 Å². The van der Waals surface area contributed by atoms with Gasteiger partial charge in [0.15, 0.2) is 0 Å². The molecule has 0 fully saturated rings. The van der Waals surface area contributed by atoms with Crippen LogP contribution in [0.3, 0.4) is 0 Å². The molecule has 16 aromatic rings. The number of hydrogen-bond acceptors (Lipinski definition) is 3. The van der Waals surface area contributed by atoms with Crippen LogP contribution in [-0.2, 0) is 0 Å². The van der Waals surface area contributed by atoms with Crippen molar-refractivity contribution in [1.29, 1.82) is 0 Å². The van der Waals surface area contributed by atoms with E-state index in [4.69, 9.17) is 11.6 Å². The van der Waals surface area contributed by atoms with E-state index >= 15 is 0 Å². The van der Waals surface area contributed by atoms with Gasteiger partial charge in [-0.1, -0.05) is 175 Å². The second kappa shape index (κ2) is 19.3. The van der Waals surface area contributed by atoms with Crippen LogP contribution in [0.15, 0.2) is 286 Å². The molecule has 6 heterocycles. The first kappa shape index (κ1) is 47.3. The fraction of sp³-hybridized carbons (Fsp3) is 0. The minimum atomic E-state index is 0.669. The molecule has 10 aromatic carbocycles. The SMILES string of the molecule is Clc1ccc(-c2c(-c3ccc(-n4c5ccccc5c5ccncc54)cc3)c(-c3ccccc3)c(-c3ccccc3)c(-c3ccc(-n4c5ccccc5c5ccncc54)cc3)c2-c2ccc(-n3c4ccccc4c4ccncc43)cc2)cc1. The van der Waals surface area contributed by atoms with Gasteiger partial charge >= 0.3 is 0 Å². The second-order valence-electron chi connectivity index (χ2n) is 20.9. The molecule has 0 bridgehead atoms. The zero-order valence-corrected chi connectivity index (χ0v) is 45.0. The maximum Gasteiger partial charge on any atom is 0.0724 e. The molecule has 16 rings (SSSR count). The number of nitrogens with zero attached hydrogens (tertiary/aromatic N) is 6. The number of pyridine rings is 3. The van der Waals surface area contributed by atoms with E-state index in [1.165, 1.54) is 26.9 Å². The summed E-state index contributed by atoms with van der Waals surface area (Å²) in [6.45, 7) is 0. The number of aromatic nitrogens is 6. The van der Waals surface area contributed by atoms with Gasteiger partial charge in [-0.15, -0.1) is 0 Å². The number of hydrogen-bond donors (Lipinski definition) is 0. The van der Waals surface area contributed by atoms with Gasteiger partial charge in [-0.2, -0.15) is 0 Å². The zero-order valence-electron chi connectivity index (χ0n) is 44.2. The van der Waals surface area contributed by atoms with E-state index in [0.29, 0.717) is 5.02 Å². The Balaban J connectivity index is 1.02. The van der Waals surface area contributed by atoms with E-state index in [-0.39, 0.29) is 0 Å². The van der Waals surface area contributed by atoms with Crippen molar-refractivity contribution in [3.05, 3.63) is 291 Å². The van der Waals surface area contributed by atoms with Crippen molar-refractivity contribution in [3.63, 3.8) is 0 Å². The smallest absolute Gasteiger partial charge is 0.0724 e. The molecule has 384 valence electrons. The van der Waals surface area contributed by atoms with Crippen LogP contribution in [0.25, 0.3) is 149 Å². The van der Waals surface area contributed by atoms with E-state index in [2.05, 4.69) is 265 Å². The number of fused-ring (bicyclic) bond motifs is 9. The molecule has 0 unspecified atom stereocenters. The molecule has 0 radical (unpaired) electrons. The monoisotopic (exact) mass is 1070 g/mol. The number of benzene rings is 10. The summed E-state index contributed by atoms with van der Waals surface area (Å²) in [6, 6.07) is 90.0. The van der Waals surface area contributed by atoms with Crippen molar-refractivity contribution in [2.24, 2.45) is 0 Å². The first-order valence-electron chi connectivity index (χ1n) is 27.6. The first-order chi connectivity index (χ1) is 40.6. The average Bonchev–Trinajstić information content (AvgIpc) is 3.83. The van der Waals surface area contributed by atoms with Gasteiger partial charge in [-0.3, -0.25) is 15.0 Å². The molecular formula is C75H47ClN6. The Kier molecular flexibility index (Phi) is 11.2. The molecule has 0 aliphatic carbocycles. The lowest BCUT2D eigenvalue weighted by Crippen LogP contribution is -2.03. The third-order valence-corrected chi connectivity index (χ3v) is 16.7. The van der Waals surface area contributed by atoms with Crippen molar-refractivity contribution >= 4 is 77.0 Å². The molecule has 0 amide bonds. The molecule has 82 heavy (non-hydrogen) atoms. The predicted molar refractivity (Wildman–Crippen MR) is 340 cm³/mol. The minimum Gasteiger partial charge on any atom is -0.308 e. The Labute approximate surface area is 477 Å². The Morgan fingerprint density at radius 3 is 0.768 bits per heavy atom. The van der Waals surface area contributed by atoms with Gasteiger partial charge in [0.05, 0.1) is 51.7 Å². The van der Waals surface area contributed by atoms with Crippen LogP contribution in [0, 0.1) is 0 Å². The number of halogens is 1. The van der Waals surface area contributed by atoms with Crippen molar-refractivity contribution in [2.45, 2.75) is 0 Å². The quantitative estimate of drug-likeness (QED) is 0.145. The Morgan fingerprint density at radius 1 is 0.220 bits per heavy atom. The Bertz CT molecular complexity index is 4960. The molecule has 0 spiro atoms. The highest BCUT2D eigenvalue weighted by atomic mass is 35.5. The molecule has 7 heteroatoms. The highest BCUT2D eigenvalue weighted by molar-refractivity contribution is 6.30. The Morgan fingerprint density at radius 2 is 0.463 bits per heavy atom. The van der Waals surface area contributed by atoms with Crippen LogP contribution in [0.1, 0.15) is 0 Å². The number of rotatable bonds is 9. The third kappa shape index (κ3) is 7.53. The third-order valence-electron chi connectivity index (χ3n) is 16.4. The lowest BCUT2D eigenvalue weighted by atomic mass is 9.74. The average molecular weight is 1070 g/mol. The van der Waals surface area contributed by atoms with Crippen molar-refractivity contribution in [3.8, 4) is 83.8 Å². The number of para-hydroxylation sites is 3. The van der Waals surface area contributed by atoms with Gasteiger partial charge in [0.1, 0.15) is 0 Å². The van der Waals surface area contributed by atoms with Crippen molar-refractivity contribution in [2.75, 3.05) is 0 Å². The molecule has 6 aromatic heterocycles. The summed E-state index contributed by atoms with van der Waals surface area (Å²) in [4.78, 5) is 13.9. The van der Waals surface area contributed by atoms with E-state index in [1.807, 2.05) is 49.3 Å². The standard InChI is InChI=1S/C75H47ClN6/c76-54-31-23-50(24-32-54)72-73(51-25-33-55(34-26-51)80-64-20-10-7-17-58(64)61-39-42-77-45-67(61)80)70(48-13-3-1-4-14-48)71(49-15-5-2-6-16-49)74(52-27-35-56(36-28-52)81-65-21-11-8-18-59(65)62-40-43-78-46-68(62)81)75(72)53-29-37-57(38-30-53)82-66-22-12-9-19-60(66)63-41-44-79-47-69(63)82/h1-47H. The van der Waals surface area contributed by atoms with Crippen LogP contribution in [0.4, 0.5) is 0 Å². The summed E-state index contributed by atoms with van der Waals surface area (Å²) in [7, 11) is 0. The summed E-state index contributed by atoms with van der Waals surface area (Å²) in [5, 5.41) is 7.73. The second-order valence-corrected chi connectivity index (χ2v) is 21.3. The molecule has 0 aliphatic rings. The van der Waals surface area contributed by atoms with Crippen LogP contribution in [-0.4, -0.2) is 28.7 Å². The molecule has 0 atom stereocenters. The lowest BCUT2D eigenvalue weighted by Gasteiger charge is -2.29. The molecule has 0 saturated heterocycles. The fourth-order valence-electron chi connectivity index (χ4n) is 12.9. The summed E-state index contributed by atoms with van der Waals surface area (Å²) in [6.07, 6.45) is 11.6. The van der Waals surface area contributed by atoms with Crippen LogP contribution >= 0.6 is 11.6 Å². The summed E-state index contributed by atoms with van der Waals surface area (Å²) < 4.78 is 7.00. The van der Waals surface area contributed by atoms with Crippen molar-refractivity contribution in [1.82, 2.24) is 28.7 Å². The predicted octanol–water partition coefficient (Wildman–Crippen LogP) is 19.8. The molecule has 0 N–H and O–H groups in total. The van der Waals surface area contributed by atoms with Gasteiger partial charge in [0, 0.05) is 73.0 Å². The van der Waals surface area contributed by atoms with E-state index in [9.17, 15) is 0 Å². The van der Waals surface area contributed by atoms with Crippen LogP contribution in [0.5, 0.6) is 0 Å². The summed E-state index contributed by atoms with van der Waals surface area (Å²) in [5.74, 6) is 0. The molecule has 6 nitrogen and oxygen atoms in total. The maximum absolute atomic E-state index is 6.88. The highest BCUT2D eigenvalue weighted by Crippen LogP contribution is 2.56. The largest absolute Gasteiger partial charge is 0.308 e. The normalized spacial score (nSPS) is 11.7. The van der Waals surface area contributed by atoms with E-state index in [1.54, 1.807) is 0 Å². The fourth-order valence-corrected chi connectivity index (χ4v) is 13.1. The molecule has 0 saturated carbocycles. The van der Waals surface area contributed by atoms with Gasteiger partial charge in [-0.05, 0) is 152 Å². The molecular weight excluding hydrogens is 1020 g/mol. The van der Waals surface area contributed by atoms with E-state index < -0.39 is 0 Å². The maximum atomic E-state index is 6.88. The lowest BCUT2D eigenvalue weighted by molar-refractivity contribution is 1.16. The van der Waals surface area contributed by atoms with Crippen molar-refractivity contribution < 1.29 is 0 Å². The van der Waals surface area contributed by atoms with Gasteiger partial charge in [0.25, 0.3) is 0 Å². The summed E-state index contributed by atoms with van der Waals surface area (Å²) in [5.41, 5.74) is 22.8. The highest BCUT2D eigenvalue weighted by Gasteiger charge is 2.30. The van der Waals surface area contributed by atoms with Gasteiger partial charge in [-0.25, -0.2) is 0 Å². The van der Waals surface area contributed by atoms with Crippen LogP contribution in [0.2, 0.25) is 5.02 Å². The van der Waals surface area contributed by atoms with Gasteiger partial charge < -0.3 is 13.7 Å². The molecule has 0 aliphatic heterocycles. The first-order valence-corrected chi connectivity index (χ1v) is 27.9. The summed E-state index contributed by atoms with van der Waals surface area (Å²) >= 11 is 6.88.